The standard InChI is InChI=1S/C23H27N3O3S2/c1-25(17-9-4-3-5-10-17)20(27)15-31-23-24-18-12-13-30-21(18)22(28)26(23)14-16-8-6-7-11-19(16)29-2/h6-8,11-13,17H,3-5,9-10,14-15H2,1-2H3. The summed E-state index contributed by atoms with van der Waals surface area (Å²) in [6, 6.07) is 9.84. The topological polar surface area (TPSA) is 64.4 Å². The molecular formula is C23H27N3O3S2. The van der Waals surface area contributed by atoms with Crippen LogP contribution in [0.25, 0.3) is 10.2 Å². The van der Waals surface area contributed by atoms with Crippen LogP contribution in [-0.2, 0) is 11.3 Å². The van der Waals surface area contributed by atoms with E-state index in [1.165, 1.54) is 42.4 Å². The van der Waals surface area contributed by atoms with Crippen LogP contribution in [0.4, 0.5) is 0 Å². The lowest BCUT2D eigenvalue weighted by Gasteiger charge is -2.31. The Kier molecular flexibility index (Phi) is 6.97. The van der Waals surface area contributed by atoms with Crippen LogP contribution >= 0.6 is 23.1 Å². The van der Waals surface area contributed by atoms with Crippen molar-refractivity contribution in [2.45, 2.75) is 49.8 Å². The second kappa shape index (κ2) is 9.87. The molecule has 1 amide bonds. The van der Waals surface area contributed by atoms with Gasteiger partial charge < -0.3 is 9.64 Å². The van der Waals surface area contributed by atoms with Crippen LogP contribution in [0, 0.1) is 0 Å². The predicted octanol–water partition coefficient (Wildman–Crippen LogP) is 4.40. The summed E-state index contributed by atoms with van der Waals surface area (Å²) in [5.74, 6) is 1.08. The number of rotatable bonds is 7. The highest BCUT2D eigenvalue weighted by Crippen LogP contribution is 2.26. The molecule has 1 fully saturated rings. The number of benzene rings is 1. The summed E-state index contributed by atoms with van der Waals surface area (Å²) in [6.45, 7) is 0.346. The van der Waals surface area contributed by atoms with Gasteiger partial charge in [0.1, 0.15) is 10.4 Å². The molecule has 2 heterocycles. The number of aromatic nitrogens is 2. The SMILES string of the molecule is COc1ccccc1Cn1c(SCC(=O)N(C)C2CCCCC2)nc2ccsc2c1=O. The largest absolute Gasteiger partial charge is 0.496 e. The fourth-order valence-electron chi connectivity index (χ4n) is 4.08. The van der Waals surface area contributed by atoms with Gasteiger partial charge in [0, 0.05) is 18.7 Å². The van der Waals surface area contributed by atoms with Gasteiger partial charge in [-0.05, 0) is 30.4 Å². The van der Waals surface area contributed by atoms with Gasteiger partial charge in [0.25, 0.3) is 5.56 Å². The molecule has 1 aliphatic carbocycles. The number of ether oxygens (including phenoxy) is 1. The van der Waals surface area contributed by atoms with Crippen LogP contribution in [0.3, 0.4) is 0 Å². The van der Waals surface area contributed by atoms with E-state index in [-0.39, 0.29) is 17.2 Å². The van der Waals surface area contributed by atoms with Crippen molar-refractivity contribution in [3.63, 3.8) is 0 Å². The van der Waals surface area contributed by atoms with Gasteiger partial charge in [-0.3, -0.25) is 14.2 Å². The lowest BCUT2D eigenvalue weighted by molar-refractivity contribution is -0.129. The van der Waals surface area contributed by atoms with Gasteiger partial charge in [-0.2, -0.15) is 0 Å². The van der Waals surface area contributed by atoms with Crippen molar-refractivity contribution < 1.29 is 9.53 Å². The molecule has 164 valence electrons. The van der Waals surface area contributed by atoms with Gasteiger partial charge in [0.2, 0.25) is 5.91 Å². The highest BCUT2D eigenvalue weighted by atomic mass is 32.2. The summed E-state index contributed by atoms with van der Waals surface area (Å²) in [6.07, 6.45) is 5.77. The van der Waals surface area contributed by atoms with Crippen molar-refractivity contribution in [1.82, 2.24) is 14.5 Å². The van der Waals surface area contributed by atoms with Gasteiger partial charge in [-0.25, -0.2) is 4.98 Å². The molecule has 0 unspecified atom stereocenters. The van der Waals surface area contributed by atoms with Crippen LogP contribution in [0.5, 0.6) is 5.75 Å². The molecule has 4 rings (SSSR count). The number of thioether (sulfide) groups is 1. The van der Waals surface area contributed by atoms with E-state index in [1.54, 1.807) is 11.7 Å². The molecule has 1 saturated carbocycles. The van der Waals surface area contributed by atoms with Crippen molar-refractivity contribution in [3.05, 3.63) is 51.6 Å². The number of nitrogens with zero attached hydrogens (tertiary/aromatic N) is 3. The Morgan fingerprint density at radius 1 is 1.26 bits per heavy atom. The first-order chi connectivity index (χ1) is 15.1. The van der Waals surface area contributed by atoms with Crippen molar-refractivity contribution in [2.24, 2.45) is 0 Å². The normalized spacial score (nSPS) is 14.6. The summed E-state index contributed by atoms with van der Waals surface area (Å²) in [5, 5.41) is 2.44. The average molecular weight is 458 g/mol. The van der Waals surface area contributed by atoms with E-state index in [9.17, 15) is 9.59 Å². The third-order valence-corrected chi connectivity index (χ3v) is 7.75. The zero-order valence-corrected chi connectivity index (χ0v) is 19.5. The molecule has 0 saturated heterocycles. The van der Waals surface area contributed by atoms with E-state index in [0.717, 1.165) is 24.2 Å². The average Bonchev–Trinajstić information content (AvgIpc) is 3.28. The number of hydrogen-bond acceptors (Lipinski definition) is 6. The van der Waals surface area contributed by atoms with Crippen LogP contribution in [0.1, 0.15) is 37.7 Å². The van der Waals surface area contributed by atoms with E-state index >= 15 is 0 Å². The Balaban J connectivity index is 1.59. The third-order valence-electron chi connectivity index (χ3n) is 5.89. The molecule has 0 bridgehead atoms. The third kappa shape index (κ3) is 4.80. The van der Waals surface area contributed by atoms with Gasteiger partial charge in [0.15, 0.2) is 5.16 Å². The number of carbonyl (C=O) groups is 1. The molecule has 6 nitrogen and oxygen atoms in total. The summed E-state index contributed by atoms with van der Waals surface area (Å²) < 4.78 is 7.76. The molecule has 1 aliphatic rings. The maximum Gasteiger partial charge on any atom is 0.272 e. The first kappa shape index (κ1) is 21.9. The lowest BCUT2D eigenvalue weighted by Crippen LogP contribution is -2.39. The Morgan fingerprint density at radius 3 is 2.81 bits per heavy atom. The highest BCUT2D eigenvalue weighted by Gasteiger charge is 2.23. The van der Waals surface area contributed by atoms with E-state index < -0.39 is 0 Å². The van der Waals surface area contributed by atoms with Gasteiger partial charge in [-0.15, -0.1) is 11.3 Å². The molecular weight excluding hydrogens is 430 g/mol. The molecule has 0 aliphatic heterocycles. The van der Waals surface area contributed by atoms with E-state index in [0.29, 0.717) is 28.0 Å². The number of thiophene rings is 1. The predicted molar refractivity (Wildman–Crippen MR) is 126 cm³/mol. The molecule has 31 heavy (non-hydrogen) atoms. The summed E-state index contributed by atoms with van der Waals surface area (Å²) in [5.41, 5.74) is 1.50. The first-order valence-electron chi connectivity index (χ1n) is 10.6. The summed E-state index contributed by atoms with van der Waals surface area (Å²) in [4.78, 5) is 32.7. The number of hydrogen-bond donors (Lipinski definition) is 0. The fraction of sp³-hybridized carbons (Fsp3) is 0.435. The van der Waals surface area contributed by atoms with Crippen molar-refractivity contribution in [1.29, 1.82) is 0 Å². The summed E-state index contributed by atoms with van der Waals surface area (Å²) in [7, 11) is 3.52. The van der Waals surface area contributed by atoms with E-state index in [2.05, 4.69) is 0 Å². The number of carbonyl (C=O) groups excluding carboxylic acids is 1. The molecule has 0 spiro atoms. The van der Waals surface area contributed by atoms with Crippen LogP contribution < -0.4 is 10.3 Å². The highest BCUT2D eigenvalue weighted by molar-refractivity contribution is 7.99. The minimum atomic E-state index is -0.0820. The number of fused-ring (bicyclic) bond motifs is 1. The second-order valence-corrected chi connectivity index (χ2v) is 9.68. The van der Waals surface area contributed by atoms with Crippen molar-refractivity contribution in [3.8, 4) is 5.75 Å². The Bertz CT molecular complexity index is 1120. The molecule has 0 radical (unpaired) electrons. The zero-order valence-electron chi connectivity index (χ0n) is 17.9. The van der Waals surface area contributed by atoms with Crippen molar-refractivity contribution >= 4 is 39.2 Å². The van der Waals surface area contributed by atoms with E-state index in [1.807, 2.05) is 47.7 Å². The Morgan fingerprint density at radius 2 is 2.03 bits per heavy atom. The molecule has 3 aromatic rings. The van der Waals surface area contributed by atoms with Gasteiger partial charge >= 0.3 is 0 Å². The van der Waals surface area contributed by atoms with E-state index in [4.69, 9.17) is 9.72 Å². The van der Waals surface area contributed by atoms with Crippen molar-refractivity contribution in [2.75, 3.05) is 19.9 Å². The lowest BCUT2D eigenvalue weighted by atomic mass is 9.94. The quantitative estimate of drug-likeness (QED) is 0.389. The molecule has 2 aromatic heterocycles. The summed E-state index contributed by atoms with van der Waals surface area (Å²) >= 11 is 2.73. The zero-order chi connectivity index (χ0) is 21.8. The Labute approximate surface area is 190 Å². The number of amides is 1. The second-order valence-electron chi connectivity index (χ2n) is 7.82. The fourth-order valence-corrected chi connectivity index (χ4v) is 5.78. The maximum absolute atomic E-state index is 13.2. The number of methoxy groups -OCH3 is 1. The molecule has 8 heteroatoms. The van der Waals surface area contributed by atoms with Crippen LogP contribution in [-0.4, -0.2) is 46.3 Å². The first-order valence-corrected chi connectivity index (χ1v) is 12.4. The molecule has 0 atom stereocenters. The Hall–Kier alpha value is -2.32. The minimum Gasteiger partial charge on any atom is -0.496 e. The van der Waals surface area contributed by atoms with Crippen LogP contribution in [0.2, 0.25) is 0 Å². The molecule has 0 N–H and O–H groups in total. The van der Waals surface area contributed by atoms with Crippen LogP contribution in [0.15, 0.2) is 45.7 Å². The van der Waals surface area contributed by atoms with Gasteiger partial charge in [0.05, 0.1) is 24.9 Å². The smallest absolute Gasteiger partial charge is 0.272 e. The maximum atomic E-state index is 13.2. The molecule has 1 aromatic carbocycles. The minimum absolute atomic E-state index is 0.0820. The monoisotopic (exact) mass is 457 g/mol. The van der Waals surface area contributed by atoms with Gasteiger partial charge in [-0.1, -0.05) is 49.2 Å². The number of para-hydroxylation sites is 1.